The van der Waals surface area contributed by atoms with Crippen LogP contribution in [0.5, 0.6) is 0 Å². The minimum atomic E-state index is -0.361. The maximum Gasteiger partial charge on any atom is 0.234 e. The zero-order chi connectivity index (χ0) is 16.1. The highest BCUT2D eigenvalue weighted by molar-refractivity contribution is 9.10. The highest BCUT2D eigenvalue weighted by Crippen LogP contribution is 2.25. The predicted octanol–water partition coefficient (Wildman–Crippen LogP) is 5.77. The van der Waals surface area contributed by atoms with Gasteiger partial charge in [-0.05, 0) is 51.8 Å². The Kier molecular flexibility index (Phi) is 6.56. The lowest BCUT2D eigenvalue weighted by atomic mass is 10.2. The number of hydrogen-bond donors (Lipinski definition) is 1. The van der Waals surface area contributed by atoms with E-state index in [4.69, 9.17) is 23.2 Å². The average Bonchev–Trinajstić information content (AvgIpc) is 2.45. The van der Waals surface area contributed by atoms with Crippen LogP contribution >= 0.6 is 50.9 Å². The van der Waals surface area contributed by atoms with E-state index in [1.54, 1.807) is 30.3 Å². The Morgan fingerprint density at radius 2 is 2.00 bits per heavy atom. The largest absolute Gasteiger partial charge is 0.325 e. The van der Waals surface area contributed by atoms with Gasteiger partial charge in [-0.1, -0.05) is 29.3 Å². The molecule has 0 fully saturated rings. The van der Waals surface area contributed by atoms with Crippen molar-refractivity contribution in [2.24, 2.45) is 0 Å². The Balaban J connectivity index is 1.83. The second-order valence-electron chi connectivity index (χ2n) is 4.41. The van der Waals surface area contributed by atoms with Crippen molar-refractivity contribution in [3.63, 3.8) is 0 Å². The van der Waals surface area contributed by atoms with E-state index in [9.17, 15) is 9.18 Å². The molecule has 116 valence electrons. The summed E-state index contributed by atoms with van der Waals surface area (Å²) >= 11 is 16.3. The highest BCUT2D eigenvalue weighted by atomic mass is 79.9. The maximum atomic E-state index is 13.6. The first kappa shape index (κ1) is 17.6. The summed E-state index contributed by atoms with van der Waals surface area (Å²) in [6.07, 6.45) is 0. The molecular weight excluding hydrogens is 412 g/mol. The summed E-state index contributed by atoms with van der Waals surface area (Å²) in [5, 5.41) is 3.62. The van der Waals surface area contributed by atoms with Crippen LogP contribution in [0.15, 0.2) is 40.9 Å². The number of amides is 1. The Hall–Kier alpha value is -0.750. The first-order chi connectivity index (χ1) is 10.5. The molecule has 0 atom stereocenters. The molecule has 2 aromatic carbocycles. The van der Waals surface area contributed by atoms with Gasteiger partial charge in [0.05, 0.1) is 10.8 Å². The smallest absolute Gasteiger partial charge is 0.234 e. The molecule has 7 heteroatoms. The van der Waals surface area contributed by atoms with Crippen molar-refractivity contribution >= 4 is 62.5 Å². The quantitative estimate of drug-likeness (QED) is 0.662. The van der Waals surface area contributed by atoms with Crippen LogP contribution in [0.4, 0.5) is 10.1 Å². The van der Waals surface area contributed by atoms with Crippen LogP contribution in [-0.4, -0.2) is 11.7 Å². The number of rotatable bonds is 5. The minimum Gasteiger partial charge on any atom is -0.325 e. The van der Waals surface area contributed by atoms with Gasteiger partial charge in [0, 0.05) is 20.9 Å². The van der Waals surface area contributed by atoms with Crippen molar-refractivity contribution < 1.29 is 9.18 Å². The fraction of sp³-hybridized carbons (Fsp3) is 0.133. The van der Waals surface area contributed by atoms with Crippen LogP contribution in [0, 0.1) is 5.82 Å². The Morgan fingerprint density at radius 3 is 2.68 bits per heavy atom. The molecule has 1 N–H and O–H groups in total. The molecule has 0 radical (unpaired) electrons. The van der Waals surface area contributed by atoms with Crippen molar-refractivity contribution in [2.75, 3.05) is 11.1 Å². The third kappa shape index (κ3) is 5.16. The summed E-state index contributed by atoms with van der Waals surface area (Å²) in [4.78, 5) is 11.8. The summed E-state index contributed by atoms with van der Waals surface area (Å²) in [5.41, 5.74) is 1.14. The summed E-state index contributed by atoms with van der Waals surface area (Å²) < 4.78 is 14.4. The van der Waals surface area contributed by atoms with Crippen LogP contribution in [0.3, 0.4) is 0 Å². The van der Waals surface area contributed by atoms with Crippen molar-refractivity contribution in [2.45, 2.75) is 5.75 Å². The van der Waals surface area contributed by atoms with Gasteiger partial charge >= 0.3 is 0 Å². The Labute approximate surface area is 150 Å². The van der Waals surface area contributed by atoms with Crippen LogP contribution in [0.1, 0.15) is 5.56 Å². The third-order valence-corrected chi connectivity index (χ3v) is 5.16. The molecule has 1 amide bonds. The molecule has 0 saturated carbocycles. The summed E-state index contributed by atoms with van der Waals surface area (Å²) in [6.45, 7) is 0. The van der Waals surface area contributed by atoms with Crippen molar-refractivity contribution in [1.29, 1.82) is 0 Å². The molecule has 2 aromatic rings. The molecule has 0 aliphatic carbocycles. The lowest BCUT2D eigenvalue weighted by Crippen LogP contribution is -2.14. The topological polar surface area (TPSA) is 29.1 Å². The van der Waals surface area contributed by atoms with E-state index in [1.807, 2.05) is 0 Å². The van der Waals surface area contributed by atoms with E-state index in [-0.39, 0.29) is 17.5 Å². The lowest BCUT2D eigenvalue weighted by molar-refractivity contribution is -0.113. The fourth-order valence-corrected chi connectivity index (χ4v) is 3.06. The molecule has 0 saturated heterocycles. The number of anilines is 1. The van der Waals surface area contributed by atoms with Crippen molar-refractivity contribution in [3.8, 4) is 0 Å². The molecule has 22 heavy (non-hydrogen) atoms. The van der Waals surface area contributed by atoms with Gasteiger partial charge in [0.25, 0.3) is 0 Å². The number of hydrogen-bond acceptors (Lipinski definition) is 2. The number of carbonyl (C=O) groups is 1. The van der Waals surface area contributed by atoms with E-state index in [1.165, 1.54) is 17.8 Å². The first-order valence-electron chi connectivity index (χ1n) is 6.22. The molecule has 0 heterocycles. The van der Waals surface area contributed by atoms with Crippen molar-refractivity contribution in [1.82, 2.24) is 0 Å². The fourth-order valence-electron chi connectivity index (χ4n) is 1.66. The lowest BCUT2D eigenvalue weighted by Gasteiger charge is -2.07. The van der Waals surface area contributed by atoms with E-state index >= 15 is 0 Å². The number of thioether (sulfide) groups is 1. The molecule has 2 rings (SSSR count). The molecule has 2 nitrogen and oxygen atoms in total. The van der Waals surface area contributed by atoms with E-state index in [2.05, 4.69) is 21.2 Å². The number of nitrogens with one attached hydrogen (secondary N) is 1. The first-order valence-corrected chi connectivity index (χ1v) is 8.92. The number of carbonyl (C=O) groups excluding carboxylic acids is 1. The minimum absolute atomic E-state index is 0.169. The van der Waals surface area contributed by atoms with Gasteiger partial charge in [0.15, 0.2) is 0 Å². The highest BCUT2D eigenvalue weighted by Gasteiger charge is 2.07. The van der Waals surface area contributed by atoms with Crippen LogP contribution in [0.25, 0.3) is 0 Å². The predicted molar refractivity (Wildman–Crippen MR) is 95.4 cm³/mol. The van der Waals surface area contributed by atoms with Gasteiger partial charge in [-0.15, -0.1) is 11.8 Å². The van der Waals surface area contributed by atoms with Crippen LogP contribution in [0.2, 0.25) is 10.0 Å². The zero-order valence-corrected chi connectivity index (χ0v) is 15.1. The van der Waals surface area contributed by atoms with E-state index < -0.39 is 0 Å². The summed E-state index contributed by atoms with van der Waals surface area (Å²) in [7, 11) is 0. The van der Waals surface area contributed by atoms with Gasteiger partial charge in [0.2, 0.25) is 5.91 Å². The van der Waals surface area contributed by atoms with Gasteiger partial charge in [-0.25, -0.2) is 4.39 Å². The number of halogens is 4. The van der Waals surface area contributed by atoms with Crippen LogP contribution in [-0.2, 0) is 10.5 Å². The van der Waals surface area contributed by atoms with Gasteiger partial charge in [-0.2, -0.15) is 0 Å². The van der Waals surface area contributed by atoms with Gasteiger partial charge < -0.3 is 5.32 Å². The second-order valence-corrected chi connectivity index (χ2v) is 7.09. The summed E-state index contributed by atoms with van der Waals surface area (Å²) in [6, 6.07) is 9.68. The zero-order valence-electron chi connectivity index (χ0n) is 11.2. The molecule has 0 unspecified atom stereocenters. The molecule has 0 bridgehead atoms. The average molecular weight is 423 g/mol. The SMILES string of the molecule is O=C(CSCc1ccc(Cl)cc1F)Nc1ccc(Br)c(Cl)c1. The van der Waals surface area contributed by atoms with Gasteiger partial charge in [-0.3, -0.25) is 4.79 Å². The molecule has 0 spiro atoms. The maximum absolute atomic E-state index is 13.6. The van der Waals surface area contributed by atoms with Crippen molar-refractivity contribution in [3.05, 3.63) is 62.3 Å². The third-order valence-electron chi connectivity index (χ3n) is 2.71. The Bertz CT molecular complexity index is 699. The molecule has 0 aromatic heterocycles. The normalized spacial score (nSPS) is 10.5. The van der Waals surface area contributed by atoms with E-state index in [0.717, 1.165) is 4.47 Å². The standard InChI is InChI=1S/C15H11BrCl2FNOS/c16-12-4-3-11(6-13(12)18)20-15(21)8-22-7-9-1-2-10(17)5-14(9)19/h1-6H,7-8H2,(H,20,21). The monoisotopic (exact) mass is 421 g/mol. The van der Waals surface area contributed by atoms with E-state index in [0.29, 0.717) is 27.0 Å². The number of benzene rings is 2. The molecule has 0 aliphatic heterocycles. The van der Waals surface area contributed by atoms with Crippen LogP contribution < -0.4 is 5.32 Å². The Morgan fingerprint density at radius 1 is 1.23 bits per heavy atom. The second kappa shape index (κ2) is 8.20. The molecule has 0 aliphatic rings. The van der Waals surface area contributed by atoms with Gasteiger partial charge in [0.1, 0.15) is 5.82 Å². The summed E-state index contributed by atoms with van der Waals surface area (Å²) in [5.74, 6) is 0.0886. The molecular formula is C15H11BrCl2FNOS.